The van der Waals surface area contributed by atoms with Gasteiger partial charge < -0.3 is 24.8 Å². The minimum atomic E-state index is 0. The van der Waals surface area contributed by atoms with Gasteiger partial charge in [0.2, 0.25) is 0 Å². The Morgan fingerprint density at radius 2 is 1.04 bits per heavy atom. The Hall–Kier alpha value is -3.26. The monoisotopic (exact) mass is 796 g/mol. The van der Waals surface area contributed by atoms with Crippen LogP contribution in [0.2, 0.25) is 13.1 Å². The van der Waals surface area contributed by atoms with Gasteiger partial charge in [0.1, 0.15) is 0 Å². The van der Waals surface area contributed by atoms with Gasteiger partial charge in [-0.05, 0) is 51.4 Å². The molecule has 0 saturated heterocycles. The second kappa shape index (κ2) is 17.5. The second-order valence-electron chi connectivity index (χ2n) is 13.9. The molecule has 0 amide bonds. The topological polar surface area (TPSA) is 0 Å². The number of hydrogen-bond donors (Lipinski definition) is 0. The van der Waals surface area contributed by atoms with Crippen molar-refractivity contribution in [3.63, 3.8) is 0 Å². The second-order valence-corrected chi connectivity index (χ2v) is 23.3. The molecule has 1 aliphatic rings. The van der Waals surface area contributed by atoms with Crippen LogP contribution in [-0.2, 0) is 23.3 Å². The van der Waals surface area contributed by atoms with E-state index in [1.165, 1.54) is 102 Å². The number of benzene rings is 6. The van der Waals surface area contributed by atoms with Gasteiger partial charge in [-0.1, -0.05) is 135 Å². The molecule has 4 heteroatoms. The maximum absolute atomic E-state index is 2.46. The predicted octanol–water partition coefficient (Wildman–Crippen LogP) is 7.82. The van der Waals surface area contributed by atoms with Crippen molar-refractivity contribution in [3.05, 3.63) is 156 Å². The first-order valence-electron chi connectivity index (χ1n) is 17.7. The number of aryl methyl sites for hydroxylation is 2. The van der Waals surface area contributed by atoms with Crippen molar-refractivity contribution in [3.8, 4) is 22.3 Å². The molecular weight excluding hydrogens is 755 g/mol. The first-order chi connectivity index (χ1) is 23.9. The van der Waals surface area contributed by atoms with Crippen LogP contribution in [0.5, 0.6) is 0 Å². The van der Waals surface area contributed by atoms with E-state index < -0.39 is 0 Å². The molecular formula is C47H44Cl2SiZr-2. The smallest absolute Gasteiger partial charge is 0.0114 e. The van der Waals surface area contributed by atoms with E-state index >= 15 is 0 Å². The first kappa shape index (κ1) is 39.0. The van der Waals surface area contributed by atoms with Gasteiger partial charge in [-0.3, -0.25) is 0 Å². The Labute approximate surface area is 331 Å². The Balaban J connectivity index is 0.000000174. The molecule has 1 saturated carbocycles. The molecule has 0 nitrogen and oxygen atoms in total. The summed E-state index contributed by atoms with van der Waals surface area (Å²) < 4.78 is 0. The van der Waals surface area contributed by atoms with Crippen LogP contribution in [0, 0.1) is 13.8 Å². The third-order valence-electron chi connectivity index (χ3n) is 10.0. The quantitative estimate of drug-likeness (QED) is 0.126. The third-order valence-corrected chi connectivity index (χ3v) is 10.0. The summed E-state index contributed by atoms with van der Waals surface area (Å²) in [4.78, 5) is 0. The summed E-state index contributed by atoms with van der Waals surface area (Å²) in [5, 5.41) is 10.8. The molecule has 0 aliphatic heterocycles. The van der Waals surface area contributed by atoms with Gasteiger partial charge >= 0.3 is 41.9 Å². The van der Waals surface area contributed by atoms with Gasteiger partial charge in [0.25, 0.3) is 0 Å². The zero-order valence-electron chi connectivity index (χ0n) is 29.9. The maximum atomic E-state index is 2.46. The number of fused-ring (bicyclic) bond motifs is 4. The Bertz CT molecular complexity index is 2410. The van der Waals surface area contributed by atoms with Crippen molar-refractivity contribution in [2.45, 2.75) is 58.5 Å². The van der Waals surface area contributed by atoms with Crippen LogP contribution in [0.15, 0.2) is 140 Å². The van der Waals surface area contributed by atoms with Crippen LogP contribution in [0.3, 0.4) is 0 Å². The van der Waals surface area contributed by atoms with Crippen LogP contribution < -0.4 is 24.8 Å². The number of rotatable bonds is 3. The van der Waals surface area contributed by atoms with E-state index in [9.17, 15) is 0 Å². The molecule has 9 rings (SSSR count). The predicted molar refractivity (Wildman–Crippen MR) is 213 cm³/mol. The van der Waals surface area contributed by atoms with Crippen molar-refractivity contribution >= 4 is 48.5 Å². The van der Waals surface area contributed by atoms with Gasteiger partial charge in [0.05, 0.1) is 0 Å². The fourth-order valence-corrected chi connectivity index (χ4v) is 7.73. The van der Waals surface area contributed by atoms with Crippen LogP contribution in [0.1, 0.15) is 48.3 Å². The molecule has 8 aromatic rings. The van der Waals surface area contributed by atoms with E-state index in [1.807, 2.05) is 0 Å². The third kappa shape index (κ3) is 8.53. The summed E-state index contributed by atoms with van der Waals surface area (Å²) >= 11 is 1.74. The SMILES string of the molecule is C[Si](C)=[Zr+2].Cc1cc2c(-c3cccc4ccccc34)ccc(C)c2[cH-]1.[Cl-].[Cl-].c1ccc2c(-c3cccc4[cH-]c(C5CCCC5)cc34)cccc2c1. The summed E-state index contributed by atoms with van der Waals surface area (Å²) in [6.45, 7) is 8.98. The number of hydrogen-bond acceptors (Lipinski definition) is 0. The molecule has 0 spiro atoms. The van der Waals surface area contributed by atoms with E-state index in [2.05, 4.69) is 166 Å². The molecule has 8 aromatic carbocycles. The average Bonchev–Trinajstić information content (AvgIpc) is 3.88. The molecule has 0 N–H and O–H groups in total. The standard InChI is InChI=1S/C24H21.C21H17.C2H6Si.2ClH.Zr/c1-2-8-17(7-1)20-15-19-11-6-14-23(24(19)16-20)22-13-5-10-18-9-3-4-12-21(18)22;1-14-12-20-15(2)10-11-19(21(20)13-14)18-9-5-7-16-6-3-4-8-17(16)18;1-3-2;;;/h3-6,9-17H,1-2,7-8H2;3-13H,1-2H3;1-2H3;2*1H;/q2*-1;;;;+2/p-2. The minimum absolute atomic E-state index is 0. The zero-order chi connectivity index (χ0) is 33.9. The van der Waals surface area contributed by atoms with Crippen LogP contribution in [0.4, 0.5) is 0 Å². The van der Waals surface area contributed by atoms with Crippen LogP contribution in [-0.4, -0.2) is 5.43 Å². The number of halogens is 2. The zero-order valence-corrected chi connectivity index (χ0v) is 34.9. The summed E-state index contributed by atoms with van der Waals surface area (Å²) in [5.41, 5.74) is 9.82. The average molecular weight is 799 g/mol. The molecule has 51 heavy (non-hydrogen) atoms. The van der Waals surface area contributed by atoms with Gasteiger partial charge in [-0.15, -0.1) is 68.6 Å². The van der Waals surface area contributed by atoms with Crippen LogP contribution in [0.25, 0.3) is 65.3 Å². The normalized spacial score (nSPS) is 12.5. The first-order valence-corrected chi connectivity index (χ1v) is 23.9. The van der Waals surface area contributed by atoms with Crippen molar-refractivity contribution < 1.29 is 48.1 Å². The van der Waals surface area contributed by atoms with Gasteiger partial charge in [0.15, 0.2) is 0 Å². The van der Waals surface area contributed by atoms with E-state index in [1.54, 1.807) is 28.9 Å². The Morgan fingerprint density at radius 3 is 1.63 bits per heavy atom. The van der Waals surface area contributed by atoms with E-state index in [4.69, 9.17) is 0 Å². The van der Waals surface area contributed by atoms with Crippen LogP contribution >= 0.6 is 0 Å². The van der Waals surface area contributed by atoms with Crippen molar-refractivity contribution in [2.24, 2.45) is 0 Å². The van der Waals surface area contributed by atoms with Gasteiger partial charge in [-0.2, -0.15) is 12.1 Å². The van der Waals surface area contributed by atoms with Gasteiger partial charge in [0, 0.05) is 0 Å². The minimum Gasteiger partial charge on any atom is -1.00 e. The maximum Gasteiger partial charge on any atom is -0.0114 e. The summed E-state index contributed by atoms with van der Waals surface area (Å²) in [7, 11) is 0. The molecule has 0 aromatic heterocycles. The van der Waals surface area contributed by atoms with Crippen molar-refractivity contribution in [1.29, 1.82) is 0 Å². The molecule has 0 atom stereocenters. The Morgan fingerprint density at radius 1 is 0.549 bits per heavy atom. The van der Waals surface area contributed by atoms with Crippen molar-refractivity contribution in [1.82, 2.24) is 0 Å². The largest absolute Gasteiger partial charge is 1.00 e. The summed E-state index contributed by atoms with van der Waals surface area (Å²) in [5.74, 6) is 0.776. The Kier molecular flexibility index (Phi) is 13.4. The molecule has 0 heterocycles. The van der Waals surface area contributed by atoms with E-state index in [0.29, 0.717) is 0 Å². The fourth-order valence-electron chi connectivity index (χ4n) is 7.73. The fraction of sp³-hybridized carbons (Fsp3) is 0.191. The molecule has 1 fully saturated rings. The summed E-state index contributed by atoms with van der Waals surface area (Å²) in [6, 6.07) is 51.3. The molecule has 0 bridgehead atoms. The van der Waals surface area contributed by atoms with E-state index in [-0.39, 0.29) is 30.2 Å². The van der Waals surface area contributed by atoms with E-state index in [0.717, 1.165) is 5.92 Å². The van der Waals surface area contributed by atoms with Gasteiger partial charge in [-0.25, -0.2) is 0 Å². The van der Waals surface area contributed by atoms with Crippen molar-refractivity contribution in [2.75, 3.05) is 0 Å². The molecule has 0 radical (unpaired) electrons. The molecule has 0 unspecified atom stereocenters. The summed E-state index contributed by atoms with van der Waals surface area (Å²) in [6.07, 6.45) is 5.50. The molecule has 256 valence electrons. The molecule has 1 aliphatic carbocycles.